The first-order valence-electron chi connectivity index (χ1n) is 8.29. The Morgan fingerprint density at radius 3 is 2.70 bits per heavy atom. The minimum Gasteiger partial charge on any atom is -0.394 e. The summed E-state index contributed by atoms with van der Waals surface area (Å²) in [4.78, 5) is 38.6. The van der Waals surface area contributed by atoms with Crippen LogP contribution in [0.1, 0.15) is 19.1 Å². The van der Waals surface area contributed by atoms with Gasteiger partial charge in [-0.15, -0.1) is 0 Å². The molecule has 0 radical (unpaired) electrons. The number of aliphatic hydroxyl groups is 3. The number of amides is 2. The number of carbonyl (C=O) groups is 2. The zero-order chi connectivity index (χ0) is 20.0. The van der Waals surface area contributed by atoms with Crippen LogP contribution in [0.2, 0.25) is 0 Å². The fourth-order valence-corrected chi connectivity index (χ4v) is 2.52. The van der Waals surface area contributed by atoms with Crippen molar-refractivity contribution < 1.29 is 29.6 Å². The first-order valence-corrected chi connectivity index (χ1v) is 8.29. The van der Waals surface area contributed by atoms with Gasteiger partial charge < -0.3 is 30.7 Å². The molecule has 1 saturated heterocycles. The first kappa shape index (κ1) is 20.7. The van der Waals surface area contributed by atoms with E-state index in [2.05, 4.69) is 22.2 Å². The molecule has 2 rings (SSSR count). The van der Waals surface area contributed by atoms with Crippen LogP contribution < -0.4 is 16.3 Å². The highest BCUT2D eigenvalue weighted by molar-refractivity contribution is 5.89. The fraction of sp³-hybridized carbons (Fsp3) is 0.500. The first-order chi connectivity index (χ1) is 12.9. The molecule has 2 heterocycles. The maximum absolute atomic E-state index is 12.1. The molecule has 1 aliphatic rings. The van der Waals surface area contributed by atoms with Crippen molar-refractivity contribution in [1.82, 2.24) is 14.9 Å². The minimum absolute atomic E-state index is 0.0168. The van der Waals surface area contributed by atoms with E-state index in [0.29, 0.717) is 13.0 Å². The lowest BCUT2D eigenvalue weighted by Crippen LogP contribution is -2.36. The van der Waals surface area contributed by atoms with Crippen molar-refractivity contribution in [3.8, 4) is 0 Å². The van der Waals surface area contributed by atoms with Crippen LogP contribution in [0.3, 0.4) is 0 Å². The molecule has 1 aromatic heterocycles. The van der Waals surface area contributed by atoms with Gasteiger partial charge in [0.25, 0.3) is 0 Å². The van der Waals surface area contributed by atoms with Gasteiger partial charge in [0.15, 0.2) is 6.23 Å². The van der Waals surface area contributed by atoms with Crippen LogP contribution in [0, 0.1) is 0 Å². The van der Waals surface area contributed by atoms with E-state index in [4.69, 9.17) is 9.84 Å². The molecule has 0 bridgehead atoms. The summed E-state index contributed by atoms with van der Waals surface area (Å²) in [5.41, 5.74) is -0.805. The number of nitrogens with one attached hydrogen (secondary N) is 2. The van der Waals surface area contributed by atoms with E-state index < -0.39 is 36.8 Å². The van der Waals surface area contributed by atoms with Crippen LogP contribution in [-0.4, -0.2) is 68.1 Å². The summed E-state index contributed by atoms with van der Waals surface area (Å²) in [6, 6.07) is 1.34. The number of hydrogen-bond donors (Lipinski definition) is 5. The SMILES string of the molecule is C=CC(=O)NCCCC(=O)Nc1ccn([C@@H]2O[C@H](CO)[C@@H](O)[C@@H]2O)c(=O)n1. The second kappa shape index (κ2) is 9.37. The Bertz CT molecular complexity index is 751. The van der Waals surface area contributed by atoms with Crippen LogP contribution in [0.25, 0.3) is 0 Å². The molecule has 148 valence electrons. The summed E-state index contributed by atoms with van der Waals surface area (Å²) in [5, 5.41) is 33.8. The maximum Gasteiger partial charge on any atom is 0.351 e. The van der Waals surface area contributed by atoms with Gasteiger partial charge in [-0.05, 0) is 18.6 Å². The Labute approximate surface area is 154 Å². The molecule has 2 amide bonds. The minimum atomic E-state index is -1.41. The van der Waals surface area contributed by atoms with E-state index in [9.17, 15) is 24.6 Å². The Morgan fingerprint density at radius 1 is 1.37 bits per heavy atom. The summed E-state index contributed by atoms with van der Waals surface area (Å²) in [6.07, 6.45) is -2.07. The number of carbonyl (C=O) groups excluding carboxylic acids is 2. The molecule has 4 atom stereocenters. The van der Waals surface area contributed by atoms with Crippen LogP contribution in [-0.2, 0) is 14.3 Å². The second-order valence-corrected chi connectivity index (χ2v) is 5.88. The zero-order valence-corrected chi connectivity index (χ0v) is 14.4. The predicted molar refractivity (Wildman–Crippen MR) is 92.6 cm³/mol. The maximum atomic E-state index is 12.1. The van der Waals surface area contributed by atoms with Gasteiger partial charge in [-0.25, -0.2) is 4.79 Å². The largest absolute Gasteiger partial charge is 0.394 e. The van der Waals surface area contributed by atoms with Gasteiger partial charge in [0.1, 0.15) is 24.1 Å². The van der Waals surface area contributed by atoms with E-state index in [1.54, 1.807) is 0 Å². The normalized spacial score (nSPS) is 24.4. The van der Waals surface area contributed by atoms with E-state index in [1.807, 2.05) is 0 Å². The van der Waals surface area contributed by atoms with Crippen molar-refractivity contribution in [2.45, 2.75) is 37.4 Å². The number of aromatic nitrogens is 2. The molecule has 5 N–H and O–H groups in total. The highest BCUT2D eigenvalue weighted by Crippen LogP contribution is 2.28. The van der Waals surface area contributed by atoms with E-state index in [1.165, 1.54) is 12.3 Å². The molecule has 27 heavy (non-hydrogen) atoms. The third-order valence-corrected chi connectivity index (χ3v) is 3.95. The molecule has 1 aliphatic heterocycles. The van der Waals surface area contributed by atoms with Gasteiger partial charge in [0.2, 0.25) is 11.8 Å². The predicted octanol–water partition coefficient (Wildman–Crippen LogP) is -2.12. The van der Waals surface area contributed by atoms with Crippen LogP contribution in [0.15, 0.2) is 29.7 Å². The molecular formula is C16H22N4O7. The molecule has 1 fully saturated rings. The third-order valence-electron chi connectivity index (χ3n) is 3.95. The molecule has 0 unspecified atom stereocenters. The van der Waals surface area contributed by atoms with E-state index in [0.717, 1.165) is 10.6 Å². The lowest BCUT2D eigenvalue weighted by molar-refractivity contribution is -0.118. The average Bonchev–Trinajstić information content (AvgIpc) is 2.93. The summed E-state index contributed by atoms with van der Waals surface area (Å²) >= 11 is 0. The quantitative estimate of drug-likeness (QED) is 0.252. The van der Waals surface area contributed by atoms with Crippen molar-refractivity contribution in [2.24, 2.45) is 0 Å². The van der Waals surface area contributed by atoms with Gasteiger partial charge >= 0.3 is 5.69 Å². The second-order valence-electron chi connectivity index (χ2n) is 5.88. The summed E-state index contributed by atoms with van der Waals surface area (Å²) < 4.78 is 6.22. The van der Waals surface area contributed by atoms with Crippen LogP contribution in [0.5, 0.6) is 0 Å². The molecule has 11 heteroatoms. The van der Waals surface area contributed by atoms with Gasteiger partial charge in [0.05, 0.1) is 6.61 Å². The summed E-state index contributed by atoms with van der Waals surface area (Å²) in [7, 11) is 0. The van der Waals surface area contributed by atoms with Crippen LogP contribution >= 0.6 is 0 Å². The molecule has 0 spiro atoms. The zero-order valence-electron chi connectivity index (χ0n) is 14.4. The van der Waals surface area contributed by atoms with Gasteiger partial charge in [-0.3, -0.25) is 14.2 Å². The molecule has 1 aromatic rings. The number of anilines is 1. The van der Waals surface area contributed by atoms with Crippen molar-refractivity contribution in [1.29, 1.82) is 0 Å². The summed E-state index contributed by atoms with van der Waals surface area (Å²) in [5.74, 6) is -0.700. The molecule has 0 aliphatic carbocycles. The Hall–Kier alpha value is -2.60. The van der Waals surface area contributed by atoms with Crippen molar-refractivity contribution >= 4 is 17.6 Å². The number of aliphatic hydroxyl groups excluding tert-OH is 3. The Kier molecular flexibility index (Phi) is 7.19. The number of ether oxygens (including phenoxy) is 1. The highest BCUT2D eigenvalue weighted by atomic mass is 16.6. The summed E-state index contributed by atoms with van der Waals surface area (Å²) in [6.45, 7) is 3.10. The number of hydrogen-bond acceptors (Lipinski definition) is 8. The van der Waals surface area contributed by atoms with Gasteiger partial charge in [0, 0.05) is 19.2 Å². The lowest BCUT2D eigenvalue weighted by Gasteiger charge is -2.17. The monoisotopic (exact) mass is 382 g/mol. The third kappa shape index (κ3) is 5.20. The van der Waals surface area contributed by atoms with Gasteiger partial charge in [-0.2, -0.15) is 4.98 Å². The highest BCUT2D eigenvalue weighted by Gasteiger charge is 2.43. The van der Waals surface area contributed by atoms with Crippen molar-refractivity contribution in [3.05, 3.63) is 35.4 Å². The molecule has 0 saturated carbocycles. The standard InChI is InChI=1S/C16H22N4O7/c1-2-11(22)17-6-3-4-12(23)18-10-5-7-20(16(26)19-10)15-14(25)13(24)9(8-21)27-15/h2,5,7,9,13-15,21,24-25H,1,3-4,6,8H2,(H,17,22)(H,18,19,23,26)/t9-,13-,14+,15-/m1/s1. The van der Waals surface area contributed by atoms with Crippen molar-refractivity contribution in [3.63, 3.8) is 0 Å². The number of nitrogens with zero attached hydrogens (tertiary/aromatic N) is 2. The molecule has 0 aromatic carbocycles. The van der Waals surface area contributed by atoms with E-state index in [-0.39, 0.29) is 24.1 Å². The van der Waals surface area contributed by atoms with Crippen LogP contribution in [0.4, 0.5) is 5.82 Å². The Morgan fingerprint density at radius 2 is 2.11 bits per heavy atom. The number of rotatable bonds is 8. The average molecular weight is 382 g/mol. The Balaban J connectivity index is 1.93. The lowest BCUT2D eigenvalue weighted by atomic mass is 10.1. The smallest absolute Gasteiger partial charge is 0.351 e. The van der Waals surface area contributed by atoms with E-state index >= 15 is 0 Å². The van der Waals surface area contributed by atoms with Crippen molar-refractivity contribution in [2.75, 3.05) is 18.5 Å². The topological polar surface area (TPSA) is 163 Å². The molecule has 11 nitrogen and oxygen atoms in total. The fourth-order valence-electron chi connectivity index (χ4n) is 2.52. The molecular weight excluding hydrogens is 360 g/mol. The van der Waals surface area contributed by atoms with Gasteiger partial charge in [-0.1, -0.05) is 6.58 Å².